The van der Waals surface area contributed by atoms with Crippen molar-refractivity contribution in [2.24, 2.45) is 0 Å². The highest BCUT2D eigenvalue weighted by atomic mass is 32.2. The van der Waals surface area contributed by atoms with Crippen LogP contribution >= 0.6 is 11.8 Å². The van der Waals surface area contributed by atoms with Crippen molar-refractivity contribution < 1.29 is 4.74 Å². The average Bonchev–Trinajstić information content (AvgIpc) is 3.32. The van der Waals surface area contributed by atoms with E-state index in [1.165, 1.54) is 5.56 Å². The molecule has 0 aliphatic heterocycles. The van der Waals surface area contributed by atoms with Crippen LogP contribution in [0, 0.1) is 0 Å². The highest BCUT2D eigenvalue weighted by molar-refractivity contribution is 7.99. The number of imidazole rings is 1. The van der Waals surface area contributed by atoms with E-state index in [4.69, 9.17) is 4.74 Å². The molecule has 2 heterocycles. The summed E-state index contributed by atoms with van der Waals surface area (Å²) in [5.74, 6) is 2.55. The summed E-state index contributed by atoms with van der Waals surface area (Å²) in [5, 5.41) is 9.84. The van der Waals surface area contributed by atoms with E-state index in [9.17, 15) is 0 Å². The van der Waals surface area contributed by atoms with Crippen LogP contribution in [0.25, 0.3) is 16.8 Å². The lowest BCUT2D eigenvalue weighted by Gasteiger charge is -2.04. The Morgan fingerprint density at radius 3 is 2.24 bits per heavy atom. The lowest BCUT2D eigenvalue weighted by atomic mass is 10.2. The molecule has 0 amide bonds. The third-order valence-electron chi connectivity index (χ3n) is 4.78. The van der Waals surface area contributed by atoms with Crippen molar-refractivity contribution in [3.63, 3.8) is 0 Å². The van der Waals surface area contributed by atoms with Crippen LogP contribution in [0.5, 0.6) is 5.75 Å². The molecule has 0 bridgehead atoms. The molecule has 144 valence electrons. The quantitative estimate of drug-likeness (QED) is 0.288. The summed E-state index contributed by atoms with van der Waals surface area (Å²) >= 11 is 1.66. The van der Waals surface area contributed by atoms with Crippen molar-refractivity contribution in [3.05, 3.63) is 90.5 Å². The molecule has 29 heavy (non-hydrogen) atoms. The van der Waals surface area contributed by atoms with E-state index in [1.54, 1.807) is 11.8 Å². The minimum absolute atomic E-state index is 0.617. The highest BCUT2D eigenvalue weighted by Gasteiger charge is 2.17. The van der Waals surface area contributed by atoms with Gasteiger partial charge in [-0.15, -0.1) is 10.2 Å². The number of aromatic nitrogens is 4. The smallest absolute Gasteiger partial charge is 0.237 e. The van der Waals surface area contributed by atoms with Gasteiger partial charge in [0.25, 0.3) is 0 Å². The molecule has 3 aromatic carbocycles. The van der Waals surface area contributed by atoms with Gasteiger partial charge in [0.2, 0.25) is 5.78 Å². The van der Waals surface area contributed by atoms with Gasteiger partial charge < -0.3 is 9.30 Å². The fraction of sp³-hybridized carbons (Fsp3) is 0.130. The van der Waals surface area contributed by atoms with E-state index in [2.05, 4.69) is 67.7 Å². The molecule has 0 atom stereocenters. The predicted octanol–water partition coefficient (Wildman–Crippen LogP) is 4.90. The van der Waals surface area contributed by atoms with E-state index in [-0.39, 0.29) is 0 Å². The van der Waals surface area contributed by atoms with Crippen LogP contribution in [0.4, 0.5) is 0 Å². The van der Waals surface area contributed by atoms with Crippen LogP contribution in [-0.2, 0) is 6.54 Å². The molecule has 0 aliphatic rings. The molecule has 0 unspecified atom stereocenters. The Morgan fingerprint density at radius 2 is 1.45 bits per heavy atom. The van der Waals surface area contributed by atoms with Gasteiger partial charge in [-0.05, 0) is 29.8 Å². The zero-order valence-electron chi connectivity index (χ0n) is 15.8. The molecule has 0 N–H and O–H groups in total. The fourth-order valence-electron chi connectivity index (χ4n) is 3.46. The van der Waals surface area contributed by atoms with Gasteiger partial charge in [0, 0.05) is 5.75 Å². The Hall–Kier alpha value is -3.25. The number of thioether (sulfide) groups is 1. The van der Waals surface area contributed by atoms with Crippen LogP contribution in [-0.4, -0.2) is 31.5 Å². The van der Waals surface area contributed by atoms with Crippen molar-refractivity contribution >= 4 is 28.6 Å². The number of fused-ring (bicyclic) bond motifs is 3. The number of nitrogens with zero attached hydrogens (tertiary/aromatic N) is 4. The van der Waals surface area contributed by atoms with Gasteiger partial charge >= 0.3 is 0 Å². The molecule has 5 aromatic rings. The van der Waals surface area contributed by atoms with E-state index < -0.39 is 0 Å². The van der Waals surface area contributed by atoms with Crippen LogP contribution in [0.3, 0.4) is 0 Å². The lowest BCUT2D eigenvalue weighted by molar-refractivity contribution is 0.344. The second-order valence-electron chi connectivity index (χ2n) is 6.69. The number of hydrogen-bond donors (Lipinski definition) is 0. The molecule has 0 fully saturated rings. The van der Waals surface area contributed by atoms with E-state index in [1.807, 2.05) is 36.4 Å². The molecule has 0 spiro atoms. The number of benzene rings is 3. The molecule has 0 radical (unpaired) electrons. The Morgan fingerprint density at radius 1 is 0.759 bits per heavy atom. The summed E-state index contributed by atoms with van der Waals surface area (Å²) in [4.78, 5) is 0. The Kier molecular flexibility index (Phi) is 4.92. The third kappa shape index (κ3) is 3.59. The van der Waals surface area contributed by atoms with Gasteiger partial charge in [-0.3, -0.25) is 4.40 Å². The standard InChI is InChI=1S/C23H20N4OS/c1-3-9-18(10-4-1)17-26-20-13-7-8-14-21(20)27-22(26)24-25-23(27)29-16-15-28-19-11-5-2-6-12-19/h1-14H,15-17H2. The number of rotatable bonds is 7. The van der Waals surface area contributed by atoms with Gasteiger partial charge in [-0.2, -0.15) is 0 Å². The largest absolute Gasteiger partial charge is 0.493 e. The average molecular weight is 401 g/mol. The molecule has 0 aliphatic carbocycles. The Bertz CT molecular complexity index is 1230. The molecule has 5 rings (SSSR count). The molecule has 6 heteroatoms. The van der Waals surface area contributed by atoms with Crippen LogP contribution < -0.4 is 4.74 Å². The highest BCUT2D eigenvalue weighted by Crippen LogP contribution is 2.26. The van der Waals surface area contributed by atoms with Crippen molar-refractivity contribution in [2.45, 2.75) is 11.7 Å². The van der Waals surface area contributed by atoms with Crippen LogP contribution in [0.1, 0.15) is 5.56 Å². The van der Waals surface area contributed by atoms with Gasteiger partial charge in [0.1, 0.15) is 5.75 Å². The minimum atomic E-state index is 0.617. The fourth-order valence-corrected chi connectivity index (χ4v) is 4.22. The zero-order valence-corrected chi connectivity index (χ0v) is 16.6. The first kappa shape index (κ1) is 17.8. The molecule has 0 saturated carbocycles. The monoisotopic (exact) mass is 400 g/mol. The van der Waals surface area contributed by atoms with Crippen LogP contribution in [0.2, 0.25) is 0 Å². The predicted molar refractivity (Wildman–Crippen MR) is 117 cm³/mol. The number of para-hydroxylation sites is 3. The summed E-state index contributed by atoms with van der Waals surface area (Å²) in [6, 6.07) is 28.7. The van der Waals surface area contributed by atoms with Crippen LogP contribution in [0.15, 0.2) is 90.1 Å². The molecule has 5 nitrogen and oxygen atoms in total. The SMILES string of the molecule is c1ccc(Cn2c3ccccc3n3c(SCCOc4ccccc4)nnc23)cc1. The topological polar surface area (TPSA) is 44.4 Å². The Balaban J connectivity index is 1.41. The van der Waals surface area contributed by atoms with E-state index in [0.29, 0.717) is 6.61 Å². The van der Waals surface area contributed by atoms with Gasteiger partial charge in [-0.25, -0.2) is 0 Å². The zero-order chi connectivity index (χ0) is 19.5. The molecule has 0 saturated heterocycles. The summed E-state index contributed by atoms with van der Waals surface area (Å²) in [5.41, 5.74) is 3.52. The summed E-state index contributed by atoms with van der Waals surface area (Å²) in [6.45, 7) is 1.38. The lowest BCUT2D eigenvalue weighted by Crippen LogP contribution is -2.00. The molecule has 2 aromatic heterocycles. The van der Waals surface area contributed by atoms with Crippen molar-refractivity contribution in [2.75, 3.05) is 12.4 Å². The van der Waals surface area contributed by atoms with Crippen molar-refractivity contribution in [3.8, 4) is 5.75 Å². The van der Waals surface area contributed by atoms with Gasteiger partial charge in [0.05, 0.1) is 24.2 Å². The third-order valence-corrected chi connectivity index (χ3v) is 5.67. The maximum Gasteiger partial charge on any atom is 0.237 e. The number of ether oxygens (including phenoxy) is 1. The first-order chi connectivity index (χ1) is 14.4. The molecular formula is C23H20N4OS. The van der Waals surface area contributed by atoms with E-state index in [0.717, 1.165) is 40.0 Å². The summed E-state index contributed by atoms with van der Waals surface area (Å²) in [6.07, 6.45) is 0. The second-order valence-corrected chi connectivity index (χ2v) is 7.75. The first-order valence-corrected chi connectivity index (χ1v) is 10.6. The van der Waals surface area contributed by atoms with Crippen molar-refractivity contribution in [1.29, 1.82) is 0 Å². The number of hydrogen-bond acceptors (Lipinski definition) is 4. The summed E-state index contributed by atoms with van der Waals surface area (Å²) < 4.78 is 10.2. The Labute approximate surface area is 173 Å². The summed E-state index contributed by atoms with van der Waals surface area (Å²) in [7, 11) is 0. The van der Waals surface area contributed by atoms with Gasteiger partial charge in [-0.1, -0.05) is 72.4 Å². The van der Waals surface area contributed by atoms with E-state index >= 15 is 0 Å². The maximum absolute atomic E-state index is 5.80. The second kappa shape index (κ2) is 8.01. The normalized spacial score (nSPS) is 11.3. The molecular weight excluding hydrogens is 380 g/mol. The van der Waals surface area contributed by atoms with Gasteiger partial charge in [0.15, 0.2) is 5.16 Å². The minimum Gasteiger partial charge on any atom is -0.493 e. The maximum atomic E-state index is 5.80. The first-order valence-electron chi connectivity index (χ1n) is 9.57. The van der Waals surface area contributed by atoms with Crippen molar-refractivity contribution in [1.82, 2.24) is 19.2 Å².